The molecule has 0 saturated carbocycles. The van der Waals surface area contributed by atoms with Crippen molar-refractivity contribution >= 4 is 11.2 Å². The van der Waals surface area contributed by atoms with Gasteiger partial charge in [0.25, 0.3) is 5.56 Å². The molecule has 0 fully saturated rings. The molecule has 0 aromatic carbocycles. The Balaban J connectivity index is 2.07. The van der Waals surface area contributed by atoms with E-state index in [1.165, 1.54) is 9.13 Å². The lowest BCUT2D eigenvalue weighted by molar-refractivity contribution is -0.368. The number of hydrogen-bond acceptors (Lipinski definition) is 4. The highest BCUT2D eigenvalue weighted by Crippen LogP contribution is 2.06. The minimum atomic E-state index is -0.317. The first-order valence-corrected chi connectivity index (χ1v) is 7.77. The fourth-order valence-electron chi connectivity index (χ4n) is 2.67. The van der Waals surface area contributed by atoms with E-state index in [4.69, 9.17) is 0 Å². The van der Waals surface area contributed by atoms with E-state index in [9.17, 15) is 14.7 Å². The zero-order chi connectivity index (χ0) is 16.1. The molecule has 0 aliphatic carbocycles. The summed E-state index contributed by atoms with van der Waals surface area (Å²) in [7, 11) is 3.39. The fraction of sp³-hybridized carbons (Fsp3) is 0.667. The van der Waals surface area contributed by atoms with E-state index in [2.05, 4.69) is 4.98 Å². The smallest absolute Gasteiger partial charge is 0.332 e. The molecule has 0 aliphatic rings. The third kappa shape index (κ3) is 3.30. The monoisotopic (exact) mass is 307 g/mol. The summed E-state index contributed by atoms with van der Waals surface area (Å²) in [5.74, 6) is 0. The summed E-state index contributed by atoms with van der Waals surface area (Å²) >= 11 is 0. The van der Waals surface area contributed by atoms with Crippen LogP contribution in [0.25, 0.3) is 11.2 Å². The van der Waals surface area contributed by atoms with Crippen LogP contribution in [-0.4, -0.2) is 25.3 Å². The second-order valence-electron chi connectivity index (χ2n) is 5.65. The maximum absolute atomic E-state index is 12.4. The Kier molecular flexibility index (Phi) is 5.54. The molecule has 22 heavy (non-hydrogen) atoms. The molecule has 2 aromatic rings. The fourth-order valence-corrected chi connectivity index (χ4v) is 2.67. The molecule has 0 bridgehead atoms. The molecule has 0 saturated heterocycles. The van der Waals surface area contributed by atoms with Gasteiger partial charge in [0.1, 0.15) is 0 Å². The molecule has 2 heterocycles. The Morgan fingerprint density at radius 1 is 1.05 bits per heavy atom. The summed E-state index contributed by atoms with van der Waals surface area (Å²) in [6, 6.07) is 0. The highest BCUT2D eigenvalue weighted by molar-refractivity contribution is 5.69. The molecule has 0 amide bonds. The second-order valence-corrected chi connectivity index (χ2v) is 5.65. The highest BCUT2D eigenvalue weighted by atomic mass is 16.3. The number of aromatic nitrogens is 4. The molecule has 2 rings (SSSR count). The van der Waals surface area contributed by atoms with Crippen LogP contribution in [0, 0.1) is 0 Å². The summed E-state index contributed by atoms with van der Waals surface area (Å²) < 4.78 is 4.36. The Morgan fingerprint density at radius 3 is 2.36 bits per heavy atom. The van der Waals surface area contributed by atoms with E-state index < -0.39 is 0 Å². The lowest BCUT2D eigenvalue weighted by atomic mass is 10.1. The highest BCUT2D eigenvalue weighted by Gasteiger charge is 2.14. The van der Waals surface area contributed by atoms with Gasteiger partial charge in [-0.05, 0) is 6.42 Å². The number of nitrogens with zero attached hydrogens (tertiary/aromatic N) is 4. The third-order valence-corrected chi connectivity index (χ3v) is 3.98. The molecule has 2 aromatic heterocycles. The molecule has 0 aliphatic heterocycles. The Bertz CT molecular complexity index is 742. The molecule has 0 atom stereocenters. The van der Waals surface area contributed by atoms with Crippen molar-refractivity contribution in [3.8, 4) is 0 Å². The molecular formula is C15H23N4O3-. The van der Waals surface area contributed by atoms with Gasteiger partial charge in [-0.15, -0.1) is 6.61 Å². The zero-order valence-electron chi connectivity index (χ0n) is 13.2. The van der Waals surface area contributed by atoms with Crippen LogP contribution in [0.5, 0.6) is 0 Å². The van der Waals surface area contributed by atoms with Crippen molar-refractivity contribution in [3.63, 3.8) is 0 Å². The number of unbranched alkanes of at least 4 members (excludes halogenated alkanes) is 5. The SMILES string of the molecule is Cn1cnc2c1c(=O)n(CCCCCCCC[O-])c(=O)n2C. The molecule has 0 radical (unpaired) electrons. The average molecular weight is 307 g/mol. The van der Waals surface area contributed by atoms with Gasteiger partial charge in [0.15, 0.2) is 11.2 Å². The zero-order valence-corrected chi connectivity index (χ0v) is 13.2. The largest absolute Gasteiger partial charge is 0.854 e. The number of imidazole rings is 1. The quantitative estimate of drug-likeness (QED) is 0.649. The Labute approximate surface area is 128 Å². The number of hydrogen-bond donors (Lipinski definition) is 0. The molecular weight excluding hydrogens is 284 g/mol. The van der Waals surface area contributed by atoms with Gasteiger partial charge in [-0.3, -0.25) is 13.9 Å². The normalized spacial score (nSPS) is 11.4. The van der Waals surface area contributed by atoms with Crippen LogP contribution < -0.4 is 16.4 Å². The average Bonchev–Trinajstić information content (AvgIpc) is 2.89. The predicted molar refractivity (Wildman–Crippen MR) is 82.8 cm³/mol. The molecule has 7 heteroatoms. The summed E-state index contributed by atoms with van der Waals surface area (Å²) in [5.41, 5.74) is 0.288. The van der Waals surface area contributed by atoms with Crippen LogP contribution in [0.2, 0.25) is 0 Å². The van der Waals surface area contributed by atoms with Crippen LogP contribution in [-0.2, 0) is 20.6 Å². The van der Waals surface area contributed by atoms with Crippen molar-refractivity contribution in [2.45, 2.75) is 45.1 Å². The Hall–Kier alpha value is -1.89. The van der Waals surface area contributed by atoms with Crippen LogP contribution in [0.1, 0.15) is 38.5 Å². The number of rotatable bonds is 8. The van der Waals surface area contributed by atoms with Crippen molar-refractivity contribution < 1.29 is 5.11 Å². The third-order valence-electron chi connectivity index (χ3n) is 3.98. The van der Waals surface area contributed by atoms with Gasteiger partial charge < -0.3 is 9.67 Å². The minimum absolute atomic E-state index is 0.00382. The van der Waals surface area contributed by atoms with Crippen LogP contribution in [0.3, 0.4) is 0 Å². The molecule has 0 N–H and O–H groups in total. The van der Waals surface area contributed by atoms with Gasteiger partial charge in [0.2, 0.25) is 0 Å². The standard InChI is InChI=1S/C15H23N4O3/c1-17-11-16-13-12(17)14(21)19(15(22)18(13)2)9-7-5-3-4-6-8-10-20/h11H,3-10H2,1-2H3/q-1. The molecule has 0 spiro atoms. The van der Waals surface area contributed by atoms with Crippen molar-refractivity contribution in [1.82, 2.24) is 18.7 Å². The molecule has 122 valence electrons. The van der Waals surface area contributed by atoms with Gasteiger partial charge >= 0.3 is 5.69 Å². The summed E-state index contributed by atoms with van der Waals surface area (Å²) in [6.45, 7) is 0.421. The second kappa shape index (κ2) is 7.40. The van der Waals surface area contributed by atoms with Gasteiger partial charge in [-0.2, -0.15) is 0 Å². The maximum Gasteiger partial charge on any atom is 0.332 e. The summed E-state index contributed by atoms with van der Waals surface area (Å²) in [5, 5.41) is 10.3. The van der Waals surface area contributed by atoms with E-state index in [-0.39, 0.29) is 17.9 Å². The van der Waals surface area contributed by atoms with Crippen LogP contribution in [0.4, 0.5) is 0 Å². The number of fused-ring (bicyclic) bond motifs is 1. The topological polar surface area (TPSA) is 84.9 Å². The van der Waals surface area contributed by atoms with Gasteiger partial charge in [-0.25, -0.2) is 9.78 Å². The van der Waals surface area contributed by atoms with Crippen molar-refractivity contribution in [1.29, 1.82) is 0 Å². The number of aryl methyl sites for hydroxylation is 2. The molecule has 0 unspecified atom stereocenters. The lowest BCUT2D eigenvalue weighted by Crippen LogP contribution is -2.39. The summed E-state index contributed by atoms with van der Waals surface area (Å²) in [4.78, 5) is 28.8. The summed E-state index contributed by atoms with van der Waals surface area (Å²) in [6.07, 6.45) is 7.06. The lowest BCUT2D eigenvalue weighted by Gasteiger charge is -2.08. The van der Waals surface area contributed by atoms with Crippen molar-refractivity contribution in [3.05, 3.63) is 27.2 Å². The predicted octanol–water partition coefficient (Wildman–Crippen LogP) is 0.135. The maximum atomic E-state index is 12.4. The van der Waals surface area contributed by atoms with E-state index in [0.717, 1.165) is 38.5 Å². The minimum Gasteiger partial charge on any atom is -0.854 e. The van der Waals surface area contributed by atoms with Gasteiger partial charge in [0, 0.05) is 20.6 Å². The van der Waals surface area contributed by atoms with Gasteiger partial charge in [-0.1, -0.05) is 32.1 Å². The Morgan fingerprint density at radius 2 is 1.68 bits per heavy atom. The van der Waals surface area contributed by atoms with E-state index in [1.807, 2.05) is 0 Å². The first kappa shape index (κ1) is 16.5. The molecule has 7 nitrogen and oxygen atoms in total. The van der Waals surface area contributed by atoms with Crippen molar-refractivity contribution in [2.24, 2.45) is 14.1 Å². The van der Waals surface area contributed by atoms with E-state index in [1.54, 1.807) is 25.0 Å². The van der Waals surface area contributed by atoms with Crippen LogP contribution in [0.15, 0.2) is 15.9 Å². The van der Waals surface area contributed by atoms with Crippen molar-refractivity contribution in [2.75, 3.05) is 6.61 Å². The van der Waals surface area contributed by atoms with E-state index >= 15 is 0 Å². The van der Waals surface area contributed by atoms with Gasteiger partial charge in [0.05, 0.1) is 6.33 Å². The first-order chi connectivity index (χ1) is 10.6. The first-order valence-electron chi connectivity index (χ1n) is 7.77. The van der Waals surface area contributed by atoms with E-state index in [0.29, 0.717) is 17.7 Å². The van der Waals surface area contributed by atoms with Crippen LogP contribution >= 0.6 is 0 Å².